The fourth-order valence-electron chi connectivity index (χ4n) is 2.58. The van der Waals surface area contributed by atoms with Gasteiger partial charge in [0.15, 0.2) is 0 Å². The first kappa shape index (κ1) is 14.3. The third-order valence-electron chi connectivity index (χ3n) is 3.62. The molecule has 0 bridgehead atoms. The summed E-state index contributed by atoms with van der Waals surface area (Å²) in [5.41, 5.74) is 1.14. The van der Waals surface area contributed by atoms with Crippen molar-refractivity contribution >= 4 is 37.3 Å². The molecule has 0 N–H and O–H groups in total. The van der Waals surface area contributed by atoms with Gasteiger partial charge in [-0.15, -0.1) is 11.3 Å². The number of fused-ring (bicyclic) bond motifs is 1. The van der Waals surface area contributed by atoms with E-state index in [4.69, 9.17) is 0 Å². The highest BCUT2D eigenvalue weighted by Gasteiger charge is 2.34. The molecule has 1 atom stereocenters. The van der Waals surface area contributed by atoms with Crippen molar-refractivity contribution in [3.05, 3.63) is 50.6 Å². The minimum atomic E-state index is -3.45. The van der Waals surface area contributed by atoms with Crippen LogP contribution in [0.3, 0.4) is 0 Å². The quantitative estimate of drug-likeness (QED) is 0.804. The van der Waals surface area contributed by atoms with Gasteiger partial charge < -0.3 is 0 Å². The summed E-state index contributed by atoms with van der Waals surface area (Å²) in [5, 5.41) is 2.04. The highest BCUT2D eigenvalue weighted by Crippen LogP contribution is 2.36. The summed E-state index contributed by atoms with van der Waals surface area (Å²) in [4.78, 5) is 1.65. The molecule has 1 aromatic carbocycles. The third kappa shape index (κ3) is 2.35. The molecule has 3 rings (SSSR count). The molecule has 1 aliphatic heterocycles. The summed E-state index contributed by atoms with van der Waals surface area (Å²) in [7, 11) is -3.45. The molecular weight excluding hydrogens is 358 g/mol. The number of rotatable bonds is 2. The van der Waals surface area contributed by atoms with Crippen molar-refractivity contribution in [2.24, 2.45) is 0 Å². The van der Waals surface area contributed by atoms with Crippen LogP contribution in [0.25, 0.3) is 0 Å². The van der Waals surface area contributed by atoms with Gasteiger partial charge in [0, 0.05) is 21.9 Å². The smallest absolute Gasteiger partial charge is 0.207 e. The van der Waals surface area contributed by atoms with Gasteiger partial charge in [-0.1, -0.05) is 22.0 Å². The summed E-state index contributed by atoms with van der Waals surface area (Å²) in [5.74, 6) is 0. The van der Waals surface area contributed by atoms with E-state index in [-0.39, 0.29) is 6.04 Å². The van der Waals surface area contributed by atoms with Crippen LogP contribution in [-0.2, 0) is 16.4 Å². The van der Waals surface area contributed by atoms with Crippen molar-refractivity contribution in [3.8, 4) is 0 Å². The molecule has 0 aliphatic carbocycles. The normalized spacial score (nSPS) is 19.8. The second-order valence-corrected chi connectivity index (χ2v) is 8.61. The lowest BCUT2D eigenvalue weighted by molar-refractivity contribution is 0.329. The Morgan fingerprint density at radius 1 is 1.35 bits per heavy atom. The third-order valence-corrected chi connectivity index (χ3v) is 7.08. The maximum atomic E-state index is 12.8. The van der Waals surface area contributed by atoms with Crippen LogP contribution in [0.1, 0.15) is 23.4 Å². The van der Waals surface area contributed by atoms with Crippen molar-refractivity contribution in [1.29, 1.82) is 0 Å². The zero-order valence-electron chi connectivity index (χ0n) is 10.9. The van der Waals surface area contributed by atoms with Crippen LogP contribution in [0, 0.1) is 0 Å². The average Bonchev–Trinajstić information content (AvgIpc) is 2.88. The summed E-state index contributed by atoms with van der Waals surface area (Å²) in [6.45, 7) is 2.50. The van der Waals surface area contributed by atoms with Gasteiger partial charge in [0.25, 0.3) is 0 Å². The largest absolute Gasteiger partial charge is 0.243 e. The molecule has 0 amide bonds. The topological polar surface area (TPSA) is 37.4 Å². The Bertz CT molecular complexity index is 739. The van der Waals surface area contributed by atoms with Gasteiger partial charge in [-0.3, -0.25) is 0 Å². The van der Waals surface area contributed by atoms with E-state index < -0.39 is 10.0 Å². The molecule has 1 aromatic heterocycles. The summed E-state index contributed by atoms with van der Waals surface area (Å²) in [6.07, 6.45) is 0.796. The Balaban J connectivity index is 2.01. The Hall–Kier alpha value is -0.690. The average molecular weight is 372 g/mol. The number of sulfonamides is 1. The van der Waals surface area contributed by atoms with Crippen molar-refractivity contribution in [2.75, 3.05) is 6.54 Å². The van der Waals surface area contributed by atoms with Crippen molar-refractivity contribution < 1.29 is 8.42 Å². The van der Waals surface area contributed by atoms with Crippen LogP contribution < -0.4 is 0 Å². The molecule has 1 unspecified atom stereocenters. The fraction of sp³-hybridized carbons (Fsp3) is 0.286. The predicted molar refractivity (Wildman–Crippen MR) is 84.5 cm³/mol. The number of hydrogen-bond donors (Lipinski definition) is 0. The molecule has 0 spiro atoms. The molecule has 1 aliphatic rings. The second kappa shape index (κ2) is 5.26. The predicted octanol–water partition coefficient (Wildman–Crippen LogP) is 3.82. The maximum absolute atomic E-state index is 12.8. The maximum Gasteiger partial charge on any atom is 0.243 e. The molecule has 106 valence electrons. The summed E-state index contributed by atoms with van der Waals surface area (Å²) >= 11 is 5.04. The van der Waals surface area contributed by atoms with Crippen molar-refractivity contribution in [2.45, 2.75) is 24.3 Å². The Morgan fingerprint density at radius 2 is 2.15 bits per heavy atom. The molecule has 0 saturated carbocycles. The second-order valence-electron chi connectivity index (χ2n) is 4.80. The minimum Gasteiger partial charge on any atom is -0.207 e. The van der Waals surface area contributed by atoms with Gasteiger partial charge in [-0.05, 0) is 48.6 Å². The van der Waals surface area contributed by atoms with Crippen LogP contribution in [0.15, 0.2) is 45.1 Å². The highest BCUT2D eigenvalue weighted by atomic mass is 79.9. The number of hydrogen-bond acceptors (Lipinski definition) is 3. The monoisotopic (exact) mass is 371 g/mol. The Morgan fingerprint density at radius 3 is 2.90 bits per heavy atom. The Kier molecular flexibility index (Phi) is 3.75. The van der Waals surface area contributed by atoms with Crippen molar-refractivity contribution in [3.63, 3.8) is 0 Å². The van der Waals surface area contributed by atoms with Gasteiger partial charge in [-0.2, -0.15) is 4.31 Å². The molecule has 2 aromatic rings. The van der Waals surface area contributed by atoms with Crippen LogP contribution in [0.5, 0.6) is 0 Å². The highest BCUT2D eigenvalue weighted by molar-refractivity contribution is 9.10. The van der Waals surface area contributed by atoms with E-state index >= 15 is 0 Å². The van der Waals surface area contributed by atoms with Crippen LogP contribution >= 0.6 is 27.3 Å². The first-order valence-electron chi connectivity index (χ1n) is 6.34. The van der Waals surface area contributed by atoms with Crippen LogP contribution in [0.2, 0.25) is 0 Å². The molecule has 0 radical (unpaired) electrons. The van der Waals surface area contributed by atoms with E-state index in [1.54, 1.807) is 33.8 Å². The lowest BCUT2D eigenvalue weighted by atomic mass is 10.0. The van der Waals surface area contributed by atoms with Crippen LogP contribution in [0.4, 0.5) is 0 Å². The summed E-state index contributed by atoms with van der Waals surface area (Å²) < 4.78 is 28.0. The van der Waals surface area contributed by atoms with Gasteiger partial charge in [-0.25, -0.2) is 8.42 Å². The SMILES string of the molecule is CC1c2ccsc2CCN1S(=O)(=O)c1cccc(Br)c1. The van der Waals surface area contributed by atoms with E-state index in [9.17, 15) is 8.42 Å². The number of nitrogens with zero attached hydrogens (tertiary/aromatic N) is 1. The number of halogens is 1. The molecule has 0 saturated heterocycles. The van der Waals surface area contributed by atoms with E-state index in [1.807, 2.05) is 24.4 Å². The van der Waals surface area contributed by atoms with Gasteiger partial charge in [0.05, 0.1) is 4.90 Å². The molecular formula is C14H14BrNO2S2. The molecule has 3 nitrogen and oxygen atoms in total. The van der Waals surface area contributed by atoms with E-state index in [2.05, 4.69) is 15.9 Å². The fourth-order valence-corrected chi connectivity index (χ4v) is 5.75. The van der Waals surface area contributed by atoms with Crippen LogP contribution in [-0.4, -0.2) is 19.3 Å². The minimum absolute atomic E-state index is 0.103. The lowest BCUT2D eigenvalue weighted by Crippen LogP contribution is -2.38. The number of thiophene rings is 1. The van der Waals surface area contributed by atoms with Gasteiger partial charge in [0.1, 0.15) is 0 Å². The molecule has 0 fully saturated rings. The molecule has 6 heteroatoms. The first-order chi connectivity index (χ1) is 9.50. The summed E-state index contributed by atoms with van der Waals surface area (Å²) in [6, 6.07) is 8.82. The number of benzene rings is 1. The van der Waals surface area contributed by atoms with E-state index in [1.165, 1.54) is 4.88 Å². The van der Waals surface area contributed by atoms with Gasteiger partial charge >= 0.3 is 0 Å². The lowest BCUT2D eigenvalue weighted by Gasteiger charge is -2.32. The van der Waals surface area contributed by atoms with E-state index in [0.717, 1.165) is 16.5 Å². The molecule has 2 heterocycles. The van der Waals surface area contributed by atoms with Gasteiger partial charge in [0.2, 0.25) is 10.0 Å². The first-order valence-corrected chi connectivity index (χ1v) is 9.45. The van der Waals surface area contributed by atoms with Crippen molar-refractivity contribution in [1.82, 2.24) is 4.31 Å². The zero-order chi connectivity index (χ0) is 14.3. The molecule has 20 heavy (non-hydrogen) atoms. The Labute approximate surface area is 131 Å². The van der Waals surface area contributed by atoms with E-state index in [0.29, 0.717) is 11.4 Å². The standard InChI is InChI=1S/C14H14BrNO2S2/c1-10-13-6-8-19-14(13)5-7-16(10)20(17,18)12-4-2-3-11(15)9-12/h2-4,6,8-10H,5,7H2,1H3. The zero-order valence-corrected chi connectivity index (χ0v) is 14.1.